The average Bonchev–Trinajstić information content (AvgIpc) is 3.16. The first-order chi connectivity index (χ1) is 17.2. The van der Waals surface area contributed by atoms with E-state index in [9.17, 15) is 19.5 Å². The Morgan fingerprint density at radius 3 is 2.61 bits per heavy atom. The summed E-state index contributed by atoms with van der Waals surface area (Å²) in [5.41, 5.74) is 0.247. The van der Waals surface area contributed by atoms with E-state index in [1.165, 1.54) is 4.90 Å². The summed E-state index contributed by atoms with van der Waals surface area (Å²) in [7, 11) is 0. The van der Waals surface area contributed by atoms with E-state index in [-0.39, 0.29) is 25.0 Å². The molecular formula is C28H34N2O6. The molecule has 0 aliphatic carbocycles. The molecule has 2 saturated heterocycles. The summed E-state index contributed by atoms with van der Waals surface area (Å²) in [6, 6.07) is 4.31. The lowest BCUT2D eigenvalue weighted by molar-refractivity contribution is -0.160. The lowest BCUT2D eigenvalue weighted by Gasteiger charge is -2.40. The Labute approximate surface area is 211 Å². The van der Waals surface area contributed by atoms with Gasteiger partial charge in [-0.2, -0.15) is 0 Å². The smallest absolute Gasteiger partial charge is 0.313 e. The Morgan fingerprint density at radius 2 is 1.89 bits per heavy atom. The molecule has 2 amide bonds. The third-order valence-corrected chi connectivity index (χ3v) is 8.19. The highest BCUT2D eigenvalue weighted by molar-refractivity contribution is 6.06. The largest absolute Gasteiger partial charge is 0.465 e. The molecule has 1 unspecified atom stereocenters. The minimum Gasteiger partial charge on any atom is -0.465 e. The fourth-order valence-electron chi connectivity index (χ4n) is 6.46. The summed E-state index contributed by atoms with van der Waals surface area (Å²) in [5, 5.41) is 10.2. The van der Waals surface area contributed by atoms with Crippen molar-refractivity contribution in [2.75, 3.05) is 24.7 Å². The third-order valence-electron chi connectivity index (χ3n) is 8.19. The lowest BCUT2D eigenvalue weighted by Crippen LogP contribution is -2.59. The Hall–Kier alpha value is -2.97. The van der Waals surface area contributed by atoms with Crippen LogP contribution < -0.4 is 4.90 Å². The zero-order valence-electron chi connectivity index (χ0n) is 21.3. The molecule has 0 aromatic heterocycles. The summed E-state index contributed by atoms with van der Waals surface area (Å²) in [6.07, 6.45) is 8.42. The molecule has 192 valence electrons. The van der Waals surface area contributed by atoms with E-state index in [1.807, 2.05) is 63.3 Å². The summed E-state index contributed by atoms with van der Waals surface area (Å²) >= 11 is 0. The first-order valence-corrected chi connectivity index (χ1v) is 12.7. The van der Waals surface area contributed by atoms with Crippen molar-refractivity contribution in [3.05, 3.63) is 53.6 Å². The Morgan fingerprint density at radius 1 is 1.11 bits per heavy atom. The van der Waals surface area contributed by atoms with Crippen molar-refractivity contribution in [2.45, 2.75) is 63.8 Å². The van der Waals surface area contributed by atoms with Gasteiger partial charge in [0, 0.05) is 12.2 Å². The van der Waals surface area contributed by atoms with E-state index in [2.05, 4.69) is 0 Å². The number of nitrogens with zero attached hydrogens (tertiary/aromatic N) is 2. The lowest BCUT2D eigenvalue weighted by atomic mass is 9.74. The number of aryl methyl sites for hydroxylation is 2. The van der Waals surface area contributed by atoms with Gasteiger partial charge in [0.1, 0.15) is 17.6 Å². The van der Waals surface area contributed by atoms with Gasteiger partial charge in [0.25, 0.3) is 5.91 Å². The highest BCUT2D eigenvalue weighted by atomic mass is 16.6. The number of anilines is 1. The molecular weight excluding hydrogens is 460 g/mol. The van der Waals surface area contributed by atoms with E-state index >= 15 is 0 Å². The third kappa shape index (κ3) is 3.45. The number of hydrogen-bond donors (Lipinski definition) is 1. The topological polar surface area (TPSA) is 96.4 Å². The minimum absolute atomic E-state index is 0.229. The van der Waals surface area contributed by atoms with Crippen LogP contribution in [0.4, 0.5) is 5.69 Å². The molecule has 1 spiro atoms. The second-order valence-electron chi connectivity index (χ2n) is 10.5. The number of aliphatic hydroxyl groups excluding tert-OH is 1. The Balaban J connectivity index is 1.70. The minimum atomic E-state index is -1.36. The molecule has 8 nitrogen and oxygen atoms in total. The molecule has 2 fully saturated rings. The van der Waals surface area contributed by atoms with Crippen molar-refractivity contribution in [3.8, 4) is 0 Å². The van der Waals surface area contributed by atoms with Gasteiger partial charge in [-0.1, -0.05) is 43.4 Å². The molecule has 0 radical (unpaired) electrons. The second kappa shape index (κ2) is 8.85. The van der Waals surface area contributed by atoms with Gasteiger partial charge in [-0.05, 0) is 50.8 Å². The highest BCUT2D eigenvalue weighted by Crippen LogP contribution is 2.57. The number of carbonyl (C=O) groups excluding carboxylic acids is 3. The first kappa shape index (κ1) is 24.7. The van der Waals surface area contributed by atoms with Gasteiger partial charge in [-0.15, -0.1) is 0 Å². The van der Waals surface area contributed by atoms with Crippen LogP contribution in [-0.2, 0) is 23.9 Å². The van der Waals surface area contributed by atoms with Gasteiger partial charge >= 0.3 is 5.97 Å². The van der Waals surface area contributed by atoms with Crippen molar-refractivity contribution in [1.29, 1.82) is 0 Å². The van der Waals surface area contributed by atoms with Gasteiger partial charge in [-0.3, -0.25) is 14.4 Å². The summed E-state index contributed by atoms with van der Waals surface area (Å²) in [5.74, 6) is -2.99. The van der Waals surface area contributed by atoms with Gasteiger partial charge in [-0.25, -0.2) is 0 Å². The van der Waals surface area contributed by atoms with E-state index in [4.69, 9.17) is 9.47 Å². The van der Waals surface area contributed by atoms with E-state index in [0.717, 1.165) is 16.8 Å². The van der Waals surface area contributed by atoms with Crippen LogP contribution in [0, 0.1) is 25.7 Å². The molecule has 1 aromatic carbocycles. The number of benzene rings is 1. The van der Waals surface area contributed by atoms with E-state index in [0.29, 0.717) is 19.4 Å². The monoisotopic (exact) mass is 494 g/mol. The highest BCUT2D eigenvalue weighted by Gasteiger charge is 2.75. The van der Waals surface area contributed by atoms with Crippen molar-refractivity contribution in [3.63, 3.8) is 0 Å². The van der Waals surface area contributed by atoms with Crippen LogP contribution in [0.25, 0.3) is 0 Å². The molecule has 0 saturated carbocycles. The van der Waals surface area contributed by atoms with Gasteiger partial charge < -0.3 is 24.4 Å². The second-order valence-corrected chi connectivity index (χ2v) is 10.5. The van der Waals surface area contributed by atoms with Gasteiger partial charge in [0.05, 0.1) is 30.8 Å². The van der Waals surface area contributed by atoms with Crippen LogP contribution in [-0.4, -0.2) is 70.8 Å². The van der Waals surface area contributed by atoms with E-state index < -0.39 is 41.1 Å². The van der Waals surface area contributed by atoms with Crippen molar-refractivity contribution in [2.24, 2.45) is 11.8 Å². The molecule has 4 aliphatic heterocycles. The summed E-state index contributed by atoms with van der Waals surface area (Å²) in [6.45, 7) is 7.81. The van der Waals surface area contributed by atoms with Crippen LogP contribution in [0.15, 0.2) is 42.5 Å². The molecule has 8 heteroatoms. The van der Waals surface area contributed by atoms with Crippen LogP contribution >= 0.6 is 0 Å². The number of esters is 1. The van der Waals surface area contributed by atoms with Crippen molar-refractivity contribution < 1.29 is 29.0 Å². The number of ether oxygens (including phenoxy) is 2. The Kier molecular flexibility index (Phi) is 6.08. The maximum Gasteiger partial charge on any atom is 0.313 e. The van der Waals surface area contributed by atoms with E-state index in [1.54, 1.807) is 11.8 Å². The number of hydrogen-bond acceptors (Lipinski definition) is 6. The maximum absolute atomic E-state index is 14.4. The summed E-state index contributed by atoms with van der Waals surface area (Å²) < 4.78 is 12.2. The Bertz CT molecular complexity index is 1160. The normalized spacial score (nSPS) is 34.5. The molecule has 1 aromatic rings. The van der Waals surface area contributed by atoms with Crippen LogP contribution in [0.5, 0.6) is 0 Å². The number of carbonyl (C=O) groups is 3. The molecule has 4 heterocycles. The molecule has 5 rings (SSSR count). The molecule has 1 N–H and O–H groups in total. The summed E-state index contributed by atoms with van der Waals surface area (Å²) in [4.78, 5) is 45.1. The number of aliphatic hydroxyl groups is 1. The molecule has 0 bridgehead atoms. The number of amides is 2. The quantitative estimate of drug-likeness (QED) is 0.510. The molecule has 4 aliphatic rings. The predicted molar refractivity (Wildman–Crippen MR) is 133 cm³/mol. The first-order valence-electron chi connectivity index (χ1n) is 12.7. The fourth-order valence-corrected chi connectivity index (χ4v) is 6.46. The SMILES string of the molecule is CC[C@@H](CO)N1C(=O)[C@@H]2[C@H]3C(=O)OCCC=C[C@@]3(C)O[C@@]23C=CCN(c2cc(C)ccc2C)C(=O)C13. The van der Waals surface area contributed by atoms with Gasteiger partial charge in [0.15, 0.2) is 0 Å². The fraction of sp³-hybridized carbons (Fsp3) is 0.536. The van der Waals surface area contributed by atoms with Crippen LogP contribution in [0.1, 0.15) is 37.8 Å². The standard InChI is InChI=1S/C28H34N2O6/c1-5-19(16-31)30-23-25(33)29(20-15-17(2)9-10-18(20)3)13-8-12-28(23)21(24(30)32)22-26(34)35-14-7-6-11-27(22,4)36-28/h6,8-12,15,19,21-23,31H,5,7,13-14,16H2,1-4H3/t19-,21-,22-,23?,27+,28-/m0/s1. The number of cyclic esters (lactones) is 1. The van der Waals surface area contributed by atoms with Crippen molar-refractivity contribution >= 4 is 23.5 Å². The number of fused-ring (bicyclic) bond motifs is 2. The zero-order valence-corrected chi connectivity index (χ0v) is 21.3. The average molecular weight is 495 g/mol. The zero-order chi connectivity index (χ0) is 25.8. The van der Waals surface area contributed by atoms with Crippen LogP contribution in [0.3, 0.4) is 0 Å². The van der Waals surface area contributed by atoms with Crippen molar-refractivity contribution in [1.82, 2.24) is 4.90 Å². The molecule has 6 atom stereocenters. The number of rotatable bonds is 4. The molecule has 36 heavy (non-hydrogen) atoms. The predicted octanol–water partition coefficient (Wildman–Crippen LogP) is 2.45. The van der Waals surface area contributed by atoms with Crippen LogP contribution in [0.2, 0.25) is 0 Å². The maximum atomic E-state index is 14.4. The number of likely N-dealkylation sites (tertiary alicyclic amines) is 1. The van der Waals surface area contributed by atoms with Gasteiger partial charge in [0.2, 0.25) is 5.91 Å².